The Morgan fingerprint density at radius 2 is 1.52 bits per heavy atom. The van der Waals surface area contributed by atoms with Crippen LogP contribution >= 0.6 is 6.72 Å². The summed E-state index contributed by atoms with van der Waals surface area (Å²) in [7, 11) is 1.43. The molecular formula is C16H36NO6PS. The van der Waals surface area contributed by atoms with E-state index < -0.39 is 12.8 Å². The fourth-order valence-corrected chi connectivity index (χ4v) is 2.75. The molecule has 7 nitrogen and oxygen atoms in total. The van der Waals surface area contributed by atoms with E-state index >= 15 is 0 Å². The van der Waals surface area contributed by atoms with Crippen LogP contribution in [0.25, 0.3) is 0 Å². The minimum Gasteiger partial charge on any atom is -0.463 e. The van der Waals surface area contributed by atoms with E-state index in [1.165, 1.54) is 45.6 Å². The molecule has 0 heterocycles. The highest BCUT2D eigenvalue weighted by Gasteiger charge is 2.16. The first-order chi connectivity index (χ1) is 11.4. The molecule has 0 spiro atoms. The van der Waals surface area contributed by atoms with E-state index in [-0.39, 0.29) is 25.3 Å². The van der Waals surface area contributed by atoms with Crippen LogP contribution in [0, 0.1) is 0 Å². The SMILES string of the molecule is CCCCCCCCCCCC(=O)OCC(COP(O)(O)=S)OC.N. The van der Waals surface area contributed by atoms with E-state index in [0.717, 1.165) is 19.3 Å². The fraction of sp³-hybridized carbons (Fsp3) is 0.938. The molecule has 1 atom stereocenters. The molecule has 0 aliphatic rings. The number of esters is 1. The molecule has 0 rings (SSSR count). The van der Waals surface area contributed by atoms with Crippen molar-refractivity contribution in [1.29, 1.82) is 0 Å². The van der Waals surface area contributed by atoms with Gasteiger partial charge in [-0.25, -0.2) is 0 Å². The van der Waals surface area contributed by atoms with Crippen LogP contribution in [-0.2, 0) is 30.6 Å². The molecule has 0 aliphatic carbocycles. The first-order valence-electron chi connectivity index (χ1n) is 8.77. The first-order valence-corrected chi connectivity index (χ1v) is 11.4. The number of unbranched alkanes of at least 4 members (excludes halogenated alkanes) is 8. The van der Waals surface area contributed by atoms with Gasteiger partial charge >= 0.3 is 12.7 Å². The average molecular weight is 402 g/mol. The van der Waals surface area contributed by atoms with Crippen molar-refractivity contribution >= 4 is 24.5 Å². The van der Waals surface area contributed by atoms with Gasteiger partial charge in [0, 0.05) is 13.5 Å². The van der Waals surface area contributed by atoms with Gasteiger partial charge in [-0.05, 0) is 18.2 Å². The zero-order chi connectivity index (χ0) is 18.3. The summed E-state index contributed by atoms with van der Waals surface area (Å²) in [6.07, 6.45) is 10.6. The Bertz CT molecular complexity index is 367. The molecule has 9 heteroatoms. The Morgan fingerprint density at radius 1 is 1.00 bits per heavy atom. The lowest BCUT2D eigenvalue weighted by molar-refractivity contribution is -0.148. The third kappa shape index (κ3) is 20.1. The van der Waals surface area contributed by atoms with Gasteiger partial charge in [0.25, 0.3) is 0 Å². The molecular weight excluding hydrogens is 365 g/mol. The molecule has 152 valence electrons. The van der Waals surface area contributed by atoms with Crippen molar-refractivity contribution < 1.29 is 28.6 Å². The summed E-state index contributed by atoms with van der Waals surface area (Å²) in [5.74, 6) is -0.271. The van der Waals surface area contributed by atoms with E-state index in [1.54, 1.807) is 0 Å². The smallest absolute Gasteiger partial charge is 0.321 e. The maximum absolute atomic E-state index is 11.6. The zero-order valence-electron chi connectivity index (χ0n) is 15.7. The molecule has 0 aromatic heterocycles. The fourth-order valence-electron chi connectivity index (χ4n) is 2.20. The zero-order valence-corrected chi connectivity index (χ0v) is 17.4. The van der Waals surface area contributed by atoms with Crippen LogP contribution < -0.4 is 6.15 Å². The van der Waals surface area contributed by atoms with E-state index in [9.17, 15) is 4.79 Å². The van der Waals surface area contributed by atoms with Crippen molar-refractivity contribution in [3.8, 4) is 0 Å². The summed E-state index contributed by atoms with van der Waals surface area (Å²) in [6, 6.07) is 0. The van der Waals surface area contributed by atoms with Gasteiger partial charge in [-0.15, -0.1) is 0 Å². The molecule has 0 saturated carbocycles. The summed E-state index contributed by atoms with van der Waals surface area (Å²) >= 11 is 4.35. The molecule has 5 N–H and O–H groups in total. The van der Waals surface area contributed by atoms with Gasteiger partial charge < -0.3 is 29.9 Å². The highest BCUT2D eigenvalue weighted by atomic mass is 32.5. The summed E-state index contributed by atoms with van der Waals surface area (Å²) in [5, 5.41) is 0. The molecule has 0 bridgehead atoms. The molecule has 1 unspecified atom stereocenters. The minimum atomic E-state index is -3.71. The predicted molar refractivity (Wildman–Crippen MR) is 103 cm³/mol. The van der Waals surface area contributed by atoms with E-state index in [4.69, 9.17) is 23.8 Å². The summed E-state index contributed by atoms with van der Waals surface area (Å²) in [4.78, 5) is 29.6. The maximum Gasteiger partial charge on any atom is 0.321 e. The van der Waals surface area contributed by atoms with Crippen LogP contribution in [0.3, 0.4) is 0 Å². The Morgan fingerprint density at radius 3 is 2.00 bits per heavy atom. The number of ether oxygens (including phenoxy) is 2. The number of carbonyl (C=O) groups is 1. The lowest BCUT2D eigenvalue weighted by atomic mass is 10.1. The minimum absolute atomic E-state index is 0. The van der Waals surface area contributed by atoms with E-state index in [2.05, 4.69) is 18.7 Å². The molecule has 0 aromatic carbocycles. The predicted octanol–water partition coefficient (Wildman–Crippen LogP) is 3.85. The number of rotatable bonds is 16. The number of methoxy groups -OCH3 is 1. The highest BCUT2D eigenvalue weighted by molar-refractivity contribution is 8.06. The molecule has 0 aliphatic heterocycles. The van der Waals surface area contributed by atoms with Gasteiger partial charge in [0.2, 0.25) is 0 Å². The Hall–Kier alpha value is -0.0800. The second-order valence-corrected chi connectivity index (χ2v) is 8.57. The van der Waals surface area contributed by atoms with Gasteiger partial charge in [0.05, 0.1) is 6.61 Å². The van der Waals surface area contributed by atoms with Crippen molar-refractivity contribution in [3.63, 3.8) is 0 Å². The monoisotopic (exact) mass is 401 g/mol. The molecule has 0 aromatic rings. The third-order valence-electron chi connectivity index (χ3n) is 3.68. The van der Waals surface area contributed by atoms with Gasteiger partial charge in [-0.3, -0.25) is 4.79 Å². The molecule has 0 fully saturated rings. The summed E-state index contributed by atoms with van der Waals surface area (Å²) < 4.78 is 14.8. The normalized spacial score (nSPS) is 12.5. The van der Waals surface area contributed by atoms with E-state index in [1.807, 2.05) is 0 Å². The van der Waals surface area contributed by atoms with Crippen molar-refractivity contribution in [1.82, 2.24) is 6.15 Å². The molecule has 0 radical (unpaired) electrons. The lowest BCUT2D eigenvalue weighted by Gasteiger charge is -2.17. The Kier molecular flexibility index (Phi) is 18.8. The molecule has 0 saturated heterocycles. The van der Waals surface area contributed by atoms with Crippen LogP contribution in [0.1, 0.15) is 71.1 Å². The number of carbonyl (C=O) groups excluding carboxylic acids is 1. The lowest BCUT2D eigenvalue weighted by Crippen LogP contribution is -2.25. The van der Waals surface area contributed by atoms with Crippen LogP contribution in [0.2, 0.25) is 0 Å². The summed E-state index contributed by atoms with van der Waals surface area (Å²) in [6.45, 7) is -1.59. The van der Waals surface area contributed by atoms with Crippen molar-refractivity contribution in [2.24, 2.45) is 0 Å². The second-order valence-electron chi connectivity index (χ2n) is 5.91. The van der Waals surface area contributed by atoms with Crippen LogP contribution in [0.5, 0.6) is 0 Å². The van der Waals surface area contributed by atoms with Gasteiger partial charge in [-0.2, -0.15) is 0 Å². The Balaban J connectivity index is 0. The average Bonchev–Trinajstić information content (AvgIpc) is 2.52. The van der Waals surface area contributed by atoms with Crippen molar-refractivity contribution in [2.75, 3.05) is 20.3 Å². The van der Waals surface area contributed by atoms with Gasteiger partial charge in [0.1, 0.15) is 12.7 Å². The highest BCUT2D eigenvalue weighted by Crippen LogP contribution is 2.36. The van der Waals surface area contributed by atoms with E-state index in [0.29, 0.717) is 6.42 Å². The largest absolute Gasteiger partial charge is 0.463 e. The molecule has 25 heavy (non-hydrogen) atoms. The van der Waals surface area contributed by atoms with Crippen molar-refractivity contribution in [2.45, 2.75) is 77.2 Å². The standard InChI is InChI=1S/C16H33O6PS.H3N/c1-3-4-5-6-7-8-9-10-11-12-16(17)21-13-15(20-2)14-22-23(18,19)24;/h15H,3-14H2,1-2H3,(H2,18,19,24);1H3. The maximum atomic E-state index is 11.6. The van der Waals surface area contributed by atoms with Crippen molar-refractivity contribution in [3.05, 3.63) is 0 Å². The Labute approximate surface area is 157 Å². The van der Waals surface area contributed by atoms with Gasteiger partial charge in [-0.1, -0.05) is 58.3 Å². The van der Waals surface area contributed by atoms with Crippen LogP contribution in [0.15, 0.2) is 0 Å². The second kappa shape index (κ2) is 17.3. The topological polar surface area (TPSA) is 120 Å². The van der Waals surface area contributed by atoms with Gasteiger partial charge in [0.15, 0.2) is 0 Å². The third-order valence-corrected chi connectivity index (χ3v) is 4.48. The quantitative estimate of drug-likeness (QED) is 0.203. The number of hydrogen-bond acceptors (Lipinski definition) is 6. The van der Waals surface area contributed by atoms with Crippen LogP contribution in [0.4, 0.5) is 0 Å². The first kappa shape index (κ1) is 27.1. The number of hydrogen-bond donors (Lipinski definition) is 3. The summed E-state index contributed by atoms with van der Waals surface area (Å²) in [5.41, 5.74) is 0. The van der Waals surface area contributed by atoms with Crippen LogP contribution in [-0.4, -0.2) is 42.2 Å². The molecule has 0 amide bonds.